The Hall–Kier alpha value is -1.59. The average Bonchev–Trinajstić information content (AvgIpc) is 2.95. The summed E-state index contributed by atoms with van der Waals surface area (Å²) in [7, 11) is 0. The van der Waals surface area contributed by atoms with E-state index in [4.69, 9.17) is 16.3 Å². The first-order valence-electron chi connectivity index (χ1n) is 7.11. The molecule has 1 aromatic rings. The molecule has 0 bridgehead atoms. The van der Waals surface area contributed by atoms with Crippen molar-refractivity contribution in [3.63, 3.8) is 0 Å². The van der Waals surface area contributed by atoms with Gasteiger partial charge in [-0.1, -0.05) is 18.5 Å². The van der Waals surface area contributed by atoms with Crippen molar-refractivity contribution < 1.29 is 14.3 Å². The van der Waals surface area contributed by atoms with Gasteiger partial charge in [-0.3, -0.25) is 4.79 Å². The van der Waals surface area contributed by atoms with Gasteiger partial charge in [0.05, 0.1) is 30.9 Å². The predicted molar refractivity (Wildman–Crippen MR) is 79.4 cm³/mol. The summed E-state index contributed by atoms with van der Waals surface area (Å²) >= 11 is 5.87. The van der Waals surface area contributed by atoms with Crippen LogP contribution in [0.4, 0.5) is 10.5 Å². The second kappa shape index (κ2) is 5.66. The van der Waals surface area contributed by atoms with Crippen LogP contribution in [0.1, 0.15) is 13.3 Å². The number of urea groups is 1. The van der Waals surface area contributed by atoms with Crippen molar-refractivity contribution in [2.45, 2.75) is 19.4 Å². The van der Waals surface area contributed by atoms with Crippen molar-refractivity contribution in [1.29, 1.82) is 0 Å². The number of amides is 3. The van der Waals surface area contributed by atoms with E-state index in [0.717, 1.165) is 6.42 Å². The van der Waals surface area contributed by atoms with E-state index in [1.165, 1.54) is 4.90 Å². The molecule has 2 saturated heterocycles. The van der Waals surface area contributed by atoms with E-state index in [9.17, 15) is 9.59 Å². The molecular weight excluding hydrogens is 292 g/mol. The van der Waals surface area contributed by atoms with E-state index >= 15 is 0 Å². The third-order valence-electron chi connectivity index (χ3n) is 3.97. The van der Waals surface area contributed by atoms with Crippen LogP contribution in [-0.4, -0.2) is 42.6 Å². The van der Waals surface area contributed by atoms with Gasteiger partial charge >= 0.3 is 6.03 Å². The Morgan fingerprint density at radius 3 is 2.62 bits per heavy atom. The highest BCUT2D eigenvalue weighted by Crippen LogP contribution is 2.32. The van der Waals surface area contributed by atoms with Crippen molar-refractivity contribution in [3.05, 3.63) is 29.3 Å². The third kappa shape index (κ3) is 2.40. The summed E-state index contributed by atoms with van der Waals surface area (Å²) in [5, 5.41) is 0.572. The Morgan fingerprint density at radius 1 is 1.24 bits per heavy atom. The van der Waals surface area contributed by atoms with E-state index in [0.29, 0.717) is 30.5 Å². The van der Waals surface area contributed by atoms with Gasteiger partial charge in [-0.2, -0.15) is 0 Å². The van der Waals surface area contributed by atoms with E-state index in [1.807, 2.05) is 6.92 Å². The maximum Gasteiger partial charge on any atom is 0.331 e. The van der Waals surface area contributed by atoms with Gasteiger partial charge in [0.1, 0.15) is 0 Å². The van der Waals surface area contributed by atoms with Crippen LogP contribution in [0.15, 0.2) is 24.3 Å². The number of anilines is 1. The Bertz CT molecular complexity index is 561. The van der Waals surface area contributed by atoms with E-state index in [1.54, 1.807) is 29.2 Å². The first-order chi connectivity index (χ1) is 10.1. The lowest BCUT2D eigenvalue weighted by molar-refractivity contribution is -0.124. The normalized spacial score (nSPS) is 25.4. The Morgan fingerprint density at radius 2 is 1.95 bits per heavy atom. The molecule has 1 aromatic carbocycles. The lowest BCUT2D eigenvalue weighted by Gasteiger charge is -2.41. The number of nitrogens with zero attached hydrogens (tertiary/aromatic N) is 2. The number of hydrogen-bond acceptors (Lipinski definition) is 3. The van der Waals surface area contributed by atoms with Crippen LogP contribution in [0.25, 0.3) is 0 Å². The van der Waals surface area contributed by atoms with Crippen LogP contribution in [0.3, 0.4) is 0 Å². The average molecular weight is 309 g/mol. The molecule has 2 atom stereocenters. The van der Waals surface area contributed by atoms with Gasteiger partial charge in [-0.05, 0) is 30.7 Å². The minimum Gasteiger partial charge on any atom is -0.378 e. The summed E-state index contributed by atoms with van der Waals surface area (Å²) in [6, 6.07) is 6.35. The molecule has 0 N–H and O–H groups in total. The molecule has 3 rings (SSSR count). The lowest BCUT2D eigenvalue weighted by atomic mass is 9.97. The van der Waals surface area contributed by atoms with Gasteiger partial charge in [0, 0.05) is 11.6 Å². The topological polar surface area (TPSA) is 49.9 Å². The monoisotopic (exact) mass is 308 g/mol. The summed E-state index contributed by atoms with van der Waals surface area (Å²) < 4.78 is 5.43. The molecule has 3 amide bonds. The van der Waals surface area contributed by atoms with Crippen molar-refractivity contribution in [2.75, 3.05) is 24.7 Å². The van der Waals surface area contributed by atoms with Crippen molar-refractivity contribution in [1.82, 2.24) is 4.90 Å². The minimum absolute atomic E-state index is 0.131. The predicted octanol–water partition coefficient (Wildman–Crippen LogP) is 2.53. The number of halogens is 1. The fourth-order valence-corrected chi connectivity index (χ4v) is 3.07. The van der Waals surface area contributed by atoms with Crippen LogP contribution in [0.2, 0.25) is 5.02 Å². The molecule has 112 valence electrons. The molecule has 2 aliphatic heterocycles. The second-order valence-corrected chi connectivity index (χ2v) is 5.77. The number of benzene rings is 1. The summed E-state index contributed by atoms with van der Waals surface area (Å²) in [6.07, 6.45) is 0.845. The molecule has 6 heteroatoms. The lowest BCUT2D eigenvalue weighted by Crippen LogP contribution is -2.61. The molecule has 5 nitrogen and oxygen atoms in total. The molecule has 0 radical (unpaired) electrons. The molecular formula is C15H17ClN2O3. The zero-order chi connectivity index (χ0) is 15.0. The van der Waals surface area contributed by atoms with Gasteiger partial charge in [-0.15, -0.1) is 0 Å². The molecule has 0 spiro atoms. The largest absolute Gasteiger partial charge is 0.378 e. The maximum absolute atomic E-state index is 12.7. The molecule has 2 aliphatic rings. The zero-order valence-corrected chi connectivity index (χ0v) is 12.5. The fourth-order valence-electron chi connectivity index (χ4n) is 2.95. The first-order valence-corrected chi connectivity index (χ1v) is 7.49. The number of hydrogen-bond donors (Lipinski definition) is 0. The molecule has 0 aromatic heterocycles. The summed E-state index contributed by atoms with van der Waals surface area (Å²) in [6.45, 7) is 3.46. The smallest absolute Gasteiger partial charge is 0.331 e. The van der Waals surface area contributed by atoms with Gasteiger partial charge < -0.3 is 9.64 Å². The highest BCUT2D eigenvalue weighted by Gasteiger charge is 2.49. The molecule has 21 heavy (non-hydrogen) atoms. The molecule has 2 fully saturated rings. The zero-order valence-electron chi connectivity index (χ0n) is 11.8. The minimum atomic E-state index is -0.273. The van der Waals surface area contributed by atoms with Crippen molar-refractivity contribution >= 4 is 29.2 Å². The quantitative estimate of drug-likeness (QED) is 0.862. The number of rotatable bonds is 3. The summed E-state index contributed by atoms with van der Waals surface area (Å²) in [4.78, 5) is 28.3. The molecule has 0 aliphatic carbocycles. The number of ether oxygens (including phenoxy) is 1. The van der Waals surface area contributed by atoms with Gasteiger partial charge in [0.15, 0.2) is 0 Å². The Labute approximate surface area is 128 Å². The molecule has 2 heterocycles. The highest BCUT2D eigenvalue weighted by molar-refractivity contribution is 6.30. The van der Waals surface area contributed by atoms with E-state index in [2.05, 4.69) is 0 Å². The summed E-state index contributed by atoms with van der Waals surface area (Å²) in [5.74, 6) is -0.456. The maximum atomic E-state index is 12.7. The Kier molecular flexibility index (Phi) is 3.87. The number of carbonyl (C=O) groups excluding carboxylic acids is 2. The summed E-state index contributed by atoms with van der Waals surface area (Å²) in [5.41, 5.74) is 0.556. The van der Waals surface area contributed by atoms with Crippen LogP contribution in [-0.2, 0) is 9.53 Å². The van der Waals surface area contributed by atoms with Gasteiger partial charge in [0.25, 0.3) is 0 Å². The second-order valence-electron chi connectivity index (χ2n) is 5.34. The first kappa shape index (κ1) is 14.4. The SMILES string of the molecule is CCCN1C(=O)N(c2ccc(Cl)cc2)C(=O)C2COCC21. The fraction of sp³-hybridized carbons (Fsp3) is 0.467. The number of imide groups is 1. The van der Waals surface area contributed by atoms with Crippen LogP contribution >= 0.6 is 11.6 Å². The van der Waals surface area contributed by atoms with Crippen molar-refractivity contribution in [3.8, 4) is 0 Å². The standard InChI is InChI=1S/C15H17ClN2O3/c1-2-7-17-13-9-21-8-12(13)14(19)18(15(17)20)11-5-3-10(16)4-6-11/h3-6,12-13H,2,7-9H2,1H3. The van der Waals surface area contributed by atoms with E-state index in [-0.39, 0.29) is 23.9 Å². The van der Waals surface area contributed by atoms with Crippen LogP contribution in [0.5, 0.6) is 0 Å². The highest BCUT2D eigenvalue weighted by atomic mass is 35.5. The van der Waals surface area contributed by atoms with Gasteiger partial charge in [0.2, 0.25) is 5.91 Å². The molecule has 2 unspecified atom stereocenters. The van der Waals surface area contributed by atoms with Crippen molar-refractivity contribution in [2.24, 2.45) is 5.92 Å². The Balaban J connectivity index is 1.96. The van der Waals surface area contributed by atoms with Gasteiger partial charge in [-0.25, -0.2) is 9.69 Å². The number of fused-ring (bicyclic) bond motifs is 1. The van der Waals surface area contributed by atoms with Crippen LogP contribution < -0.4 is 4.90 Å². The molecule has 0 saturated carbocycles. The third-order valence-corrected chi connectivity index (χ3v) is 4.23. The number of carbonyl (C=O) groups is 2. The van der Waals surface area contributed by atoms with Crippen LogP contribution in [0, 0.1) is 5.92 Å². The van der Waals surface area contributed by atoms with E-state index < -0.39 is 0 Å².